The fraction of sp³-hybridized carbons (Fsp3) is 0.235. The van der Waals surface area contributed by atoms with Crippen molar-refractivity contribution in [3.05, 3.63) is 54.2 Å². The second-order valence-corrected chi connectivity index (χ2v) is 5.33. The number of aromatic nitrogens is 2. The minimum Gasteiger partial charge on any atom is -0.310 e. The minimum atomic E-state index is 0.463. The van der Waals surface area contributed by atoms with E-state index in [1.54, 1.807) is 0 Å². The molecule has 0 atom stereocenters. The quantitative estimate of drug-likeness (QED) is 0.754. The summed E-state index contributed by atoms with van der Waals surface area (Å²) in [5.74, 6) is 0. The highest BCUT2D eigenvalue weighted by molar-refractivity contribution is 5.96. The molecule has 3 nitrogen and oxygen atoms in total. The summed E-state index contributed by atoms with van der Waals surface area (Å²) in [6.45, 7) is 5.13. The van der Waals surface area contributed by atoms with Gasteiger partial charge in [-0.1, -0.05) is 56.3 Å². The second-order valence-electron chi connectivity index (χ2n) is 5.33. The zero-order valence-corrected chi connectivity index (χ0v) is 11.9. The molecule has 2 N–H and O–H groups in total. The van der Waals surface area contributed by atoms with Gasteiger partial charge in [-0.05, 0) is 10.8 Å². The fourth-order valence-electron chi connectivity index (χ4n) is 2.44. The van der Waals surface area contributed by atoms with Gasteiger partial charge in [0.1, 0.15) is 0 Å². The normalized spacial score (nSPS) is 11.3. The maximum absolute atomic E-state index is 4.22. The summed E-state index contributed by atoms with van der Waals surface area (Å²) in [5, 5.41) is 13.3. The van der Waals surface area contributed by atoms with Crippen molar-refractivity contribution in [2.75, 3.05) is 0 Å². The van der Waals surface area contributed by atoms with Gasteiger partial charge in [-0.25, -0.2) is 0 Å². The maximum Gasteiger partial charge on any atom is 0.0701 e. The Hall–Kier alpha value is -2.13. The van der Waals surface area contributed by atoms with Gasteiger partial charge in [0.2, 0.25) is 0 Å². The minimum absolute atomic E-state index is 0.463. The molecular weight excluding hydrogens is 246 g/mol. The molecule has 3 heteroatoms. The Morgan fingerprint density at radius 1 is 1.10 bits per heavy atom. The van der Waals surface area contributed by atoms with Crippen LogP contribution in [0, 0.1) is 0 Å². The lowest BCUT2D eigenvalue weighted by atomic mass is 10.00. The molecule has 0 saturated carbocycles. The van der Waals surface area contributed by atoms with Crippen molar-refractivity contribution in [3.63, 3.8) is 0 Å². The van der Waals surface area contributed by atoms with Crippen LogP contribution >= 0.6 is 0 Å². The lowest BCUT2D eigenvalue weighted by Crippen LogP contribution is -2.21. The summed E-state index contributed by atoms with van der Waals surface area (Å²) in [5.41, 5.74) is 3.52. The predicted octanol–water partition coefficient (Wildman–Crippen LogP) is 3.73. The molecule has 0 spiro atoms. The van der Waals surface area contributed by atoms with Crippen molar-refractivity contribution in [1.82, 2.24) is 15.5 Å². The predicted molar refractivity (Wildman–Crippen MR) is 83.5 cm³/mol. The zero-order valence-electron chi connectivity index (χ0n) is 11.9. The molecule has 0 bridgehead atoms. The van der Waals surface area contributed by atoms with Crippen molar-refractivity contribution in [1.29, 1.82) is 0 Å². The van der Waals surface area contributed by atoms with Gasteiger partial charge in [-0.2, -0.15) is 5.10 Å². The Kier molecular flexibility index (Phi) is 3.52. The van der Waals surface area contributed by atoms with Crippen LogP contribution in [0.2, 0.25) is 0 Å². The molecule has 0 unspecified atom stereocenters. The van der Waals surface area contributed by atoms with E-state index in [1.165, 1.54) is 21.9 Å². The molecular formula is C17H19N3. The number of aromatic amines is 1. The number of H-pyrrole nitrogens is 1. The Morgan fingerprint density at radius 3 is 2.75 bits per heavy atom. The van der Waals surface area contributed by atoms with E-state index in [1.807, 2.05) is 6.20 Å². The largest absolute Gasteiger partial charge is 0.310 e. The standard InChI is InChI=1S/C17H19N3/c1-12(2)18-10-14-11-19-20-17(14)16-9-5-7-13-6-3-4-8-15(13)16/h3-9,11-12,18H,10H2,1-2H3,(H,19,20). The molecule has 0 saturated heterocycles. The van der Waals surface area contributed by atoms with Gasteiger partial charge in [0.25, 0.3) is 0 Å². The Bertz CT molecular complexity index is 708. The van der Waals surface area contributed by atoms with E-state index in [0.717, 1.165) is 12.2 Å². The van der Waals surface area contributed by atoms with Crippen LogP contribution in [0.25, 0.3) is 22.0 Å². The van der Waals surface area contributed by atoms with Gasteiger partial charge in [-0.3, -0.25) is 5.10 Å². The van der Waals surface area contributed by atoms with Crippen molar-refractivity contribution < 1.29 is 0 Å². The highest BCUT2D eigenvalue weighted by Crippen LogP contribution is 2.29. The van der Waals surface area contributed by atoms with Crippen LogP contribution in [0.5, 0.6) is 0 Å². The average molecular weight is 265 g/mol. The first-order valence-corrected chi connectivity index (χ1v) is 6.99. The molecule has 0 aliphatic rings. The zero-order chi connectivity index (χ0) is 13.9. The van der Waals surface area contributed by atoms with Crippen LogP contribution in [0.4, 0.5) is 0 Å². The highest BCUT2D eigenvalue weighted by atomic mass is 15.1. The van der Waals surface area contributed by atoms with E-state index >= 15 is 0 Å². The van der Waals surface area contributed by atoms with Crippen LogP contribution in [0.3, 0.4) is 0 Å². The van der Waals surface area contributed by atoms with Crippen LogP contribution < -0.4 is 5.32 Å². The molecule has 102 valence electrons. The lowest BCUT2D eigenvalue weighted by molar-refractivity contribution is 0.589. The van der Waals surface area contributed by atoms with Crippen LogP contribution in [0.1, 0.15) is 19.4 Å². The van der Waals surface area contributed by atoms with Crippen LogP contribution in [0.15, 0.2) is 48.7 Å². The van der Waals surface area contributed by atoms with Crippen molar-refractivity contribution in [3.8, 4) is 11.3 Å². The third kappa shape index (κ3) is 2.45. The van der Waals surface area contributed by atoms with Gasteiger partial charge >= 0.3 is 0 Å². The lowest BCUT2D eigenvalue weighted by Gasteiger charge is -2.10. The first-order valence-electron chi connectivity index (χ1n) is 6.99. The monoisotopic (exact) mass is 265 g/mol. The molecule has 0 aliphatic carbocycles. The highest BCUT2D eigenvalue weighted by Gasteiger charge is 2.10. The fourth-order valence-corrected chi connectivity index (χ4v) is 2.44. The van der Waals surface area contributed by atoms with E-state index < -0.39 is 0 Å². The summed E-state index contributed by atoms with van der Waals surface area (Å²) in [4.78, 5) is 0. The number of benzene rings is 2. The third-order valence-electron chi connectivity index (χ3n) is 3.48. The number of fused-ring (bicyclic) bond motifs is 1. The number of rotatable bonds is 4. The van der Waals surface area contributed by atoms with Gasteiger partial charge < -0.3 is 5.32 Å². The molecule has 1 aromatic heterocycles. The maximum atomic E-state index is 4.22. The van der Waals surface area contributed by atoms with E-state index in [2.05, 4.69) is 71.8 Å². The molecule has 3 aromatic rings. The SMILES string of the molecule is CC(C)NCc1cn[nH]c1-c1cccc2ccccc12. The summed E-state index contributed by atoms with van der Waals surface area (Å²) in [6, 6.07) is 15.3. The molecule has 2 aromatic carbocycles. The summed E-state index contributed by atoms with van der Waals surface area (Å²) >= 11 is 0. The van der Waals surface area contributed by atoms with E-state index in [0.29, 0.717) is 6.04 Å². The van der Waals surface area contributed by atoms with E-state index in [9.17, 15) is 0 Å². The molecule has 0 fully saturated rings. The summed E-state index contributed by atoms with van der Waals surface area (Å²) < 4.78 is 0. The van der Waals surface area contributed by atoms with Crippen LogP contribution in [-0.2, 0) is 6.54 Å². The molecule has 1 heterocycles. The number of nitrogens with zero attached hydrogens (tertiary/aromatic N) is 1. The Balaban J connectivity index is 2.05. The molecule has 0 radical (unpaired) electrons. The molecule has 20 heavy (non-hydrogen) atoms. The number of hydrogen-bond donors (Lipinski definition) is 2. The van der Waals surface area contributed by atoms with E-state index in [-0.39, 0.29) is 0 Å². The van der Waals surface area contributed by atoms with Gasteiger partial charge in [-0.15, -0.1) is 0 Å². The molecule has 3 rings (SSSR count). The van der Waals surface area contributed by atoms with Gasteiger partial charge in [0, 0.05) is 23.7 Å². The first kappa shape index (κ1) is 12.9. The first-order chi connectivity index (χ1) is 9.75. The number of hydrogen-bond acceptors (Lipinski definition) is 2. The van der Waals surface area contributed by atoms with Crippen molar-refractivity contribution in [2.24, 2.45) is 0 Å². The topological polar surface area (TPSA) is 40.7 Å². The van der Waals surface area contributed by atoms with Gasteiger partial charge in [0.05, 0.1) is 11.9 Å². The Morgan fingerprint density at radius 2 is 1.90 bits per heavy atom. The van der Waals surface area contributed by atoms with Crippen LogP contribution in [-0.4, -0.2) is 16.2 Å². The Labute approximate surface area is 119 Å². The van der Waals surface area contributed by atoms with Crippen molar-refractivity contribution in [2.45, 2.75) is 26.4 Å². The van der Waals surface area contributed by atoms with E-state index in [4.69, 9.17) is 0 Å². The smallest absolute Gasteiger partial charge is 0.0701 e. The van der Waals surface area contributed by atoms with Crippen molar-refractivity contribution >= 4 is 10.8 Å². The van der Waals surface area contributed by atoms with Gasteiger partial charge in [0.15, 0.2) is 0 Å². The molecule has 0 aliphatic heterocycles. The number of nitrogens with one attached hydrogen (secondary N) is 2. The molecule has 0 amide bonds. The third-order valence-corrected chi connectivity index (χ3v) is 3.48. The average Bonchev–Trinajstić information content (AvgIpc) is 2.92. The summed E-state index contributed by atoms with van der Waals surface area (Å²) in [6.07, 6.45) is 1.91. The summed E-state index contributed by atoms with van der Waals surface area (Å²) in [7, 11) is 0. The second kappa shape index (κ2) is 5.47.